The largest absolute Gasteiger partial charge is 0.459 e. The highest BCUT2D eigenvalue weighted by molar-refractivity contribution is 6.07. The maximum atomic E-state index is 11.4. The fraction of sp³-hybridized carbons (Fsp3) is 0.0455. The number of aromatic nitrogens is 1. The SMILES string of the molecule is Cc1oc(-c2ccco2)nc1C=Cc1ccc(C=CC=C2OC(=O)NC2=O)cc1. The summed E-state index contributed by atoms with van der Waals surface area (Å²) in [4.78, 5) is 26.8. The van der Waals surface area contributed by atoms with Crippen molar-refractivity contribution in [2.24, 2.45) is 0 Å². The first-order chi connectivity index (χ1) is 14.1. The summed E-state index contributed by atoms with van der Waals surface area (Å²) in [5, 5.41) is 2.04. The minimum atomic E-state index is -0.760. The number of nitrogens with one attached hydrogen (secondary N) is 1. The van der Waals surface area contributed by atoms with E-state index in [1.54, 1.807) is 30.5 Å². The molecule has 0 saturated carbocycles. The van der Waals surface area contributed by atoms with Crippen LogP contribution in [0.25, 0.3) is 29.9 Å². The number of cyclic esters (lactones) is 1. The molecule has 1 aliphatic rings. The average Bonchev–Trinajstić information content (AvgIpc) is 3.42. The Hall–Kier alpha value is -4.13. The molecule has 7 nitrogen and oxygen atoms in total. The molecule has 1 N–H and O–H groups in total. The molecule has 0 aliphatic carbocycles. The number of furan rings is 1. The van der Waals surface area contributed by atoms with Crippen molar-refractivity contribution < 1.29 is 23.2 Å². The van der Waals surface area contributed by atoms with Gasteiger partial charge in [0.15, 0.2) is 11.5 Å². The Morgan fingerprint density at radius 1 is 1.00 bits per heavy atom. The van der Waals surface area contributed by atoms with Crippen LogP contribution in [0.15, 0.2) is 69.4 Å². The second-order valence-electron chi connectivity index (χ2n) is 6.17. The van der Waals surface area contributed by atoms with Crippen LogP contribution in [0.4, 0.5) is 4.79 Å². The Balaban J connectivity index is 1.42. The molecule has 4 rings (SSSR count). The van der Waals surface area contributed by atoms with Crippen molar-refractivity contribution in [3.63, 3.8) is 0 Å². The summed E-state index contributed by atoms with van der Waals surface area (Å²) in [6, 6.07) is 11.3. The quantitative estimate of drug-likeness (QED) is 0.643. The van der Waals surface area contributed by atoms with E-state index in [1.165, 1.54) is 6.08 Å². The number of ether oxygens (including phenoxy) is 1. The minimum absolute atomic E-state index is 0.0253. The molecule has 1 saturated heterocycles. The number of oxazole rings is 1. The summed E-state index contributed by atoms with van der Waals surface area (Å²) >= 11 is 0. The second-order valence-corrected chi connectivity index (χ2v) is 6.17. The van der Waals surface area contributed by atoms with Gasteiger partial charge in [0.05, 0.1) is 6.26 Å². The van der Waals surface area contributed by atoms with Crippen LogP contribution in [0.2, 0.25) is 0 Å². The third-order valence-electron chi connectivity index (χ3n) is 4.11. The molecule has 3 aromatic rings. The molecule has 3 heterocycles. The Morgan fingerprint density at radius 2 is 1.76 bits per heavy atom. The predicted molar refractivity (Wildman–Crippen MR) is 106 cm³/mol. The molecule has 29 heavy (non-hydrogen) atoms. The molecule has 2 amide bonds. The maximum absolute atomic E-state index is 11.4. The van der Waals surface area contributed by atoms with E-state index in [9.17, 15) is 9.59 Å². The van der Waals surface area contributed by atoms with Gasteiger partial charge in [-0.3, -0.25) is 10.1 Å². The van der Waals surface area contributed by atoms with Crippen molar-refractivity contribution in [1.82, 2.24) is 10.3 Å². The summed E-state index contributed by atoms with van der Waals surface area (Å²) in [5.41, 5.74) is 2.66. The lowest BCUT2D eigenvalue weighted by atomic mass is 10.1. The van der Waals surface area contributed by atoms with E-state index in [0.29, 0.717) is 17.4 Å². The lowest BCUT2D eigenvalue weighted by Gasteiger charge is -1.96. The molecule has 0 bridgehead atoms. The number of carbonyl (C=O) groups is 2. The van der Waals surface area contributed by atoms with E-state index in [0.717, 1.165) is 16.8 Å². The van der Waals surface area contributed by atoms with Crippen LogP contribution in [-0.4, -0.2) is 17.0 Å². The van der Waals surface area contributed by atoms with E-state index in [2.05, 4.69) is 4.98 Å². The first-order valence-corrected chi connectivity index (χ1v) is 8.79. The van der Waals surface area contributed by atoms with Gasteiger partial charge < -0.3 is 13.6 Å². The highest BCUT2D eigenvalue weighted by Gasteiger charge is 2.25. The number of imide groups is 1. The molecule has 7 heteroatoms. The van der Waals surface area contributed by atoms with Crippen LogP contribution in [-0.2, 0) is 9.53 Å². The molecular formula is C22H16N2O5. The van der Waals surface area contributed by atoms with Gasteiger partial charge in [0.2, 0.25) is 0 Å². The van der Waals surface area contributed by atoms with E-state index >= 15 is 0 Å². The van der Waals surface area contributed by atoms with Crippen molar-refractivity contribution in [3.05, 3.63) is 83.2 Å². The van der Waals surface area contributed by atoms with E-state index < -0.39 is 12.0 Å². The summed E-state index contributed by atoms with van der Waals surface area (Å²) in [7, 11) is 0. The van der Waals surface area contributed by atoms with Gasteiger partial charge in [-0.05, 0) is 42.3 Å². The molecule has 0 radical (unpaired) electrons. The van der Waals surface area contributed by atoms with Crippen LogP contribution in [0.5, 0.6) is 0 Å². The fourth-order valence-electron chi connectivity index (χ4n) is 2.64. The fourth-order valence-corrected chi connectivity index (χ4v) is 2.64. The molecule has 0 spiro atoms. The number of rotatable bonds is 5. The third-order valence-corrected chi connectivity index (χ3v) is 4.11. The summed E-state index contributed by atoms with van der Waals surface area (Å²) in [6.07, 6.45) is 9.53. The van der Waals surface area contributed by atoms with Gasteiger partial charge in [0, 0.05) is 0 Å². The number of benzene rings is 1. The number of alkyl carbamates (subject to hydrolysis) is 1. The molecule has 1 fully saturated rings. The zero-order chi connectivity index (χ0) is 20.2. The number of aryl methyl sites for hydroxylation is 1. The normalized spacial score (nSPS) is 15.6. The highest BCUT2D eigenvalue weighted by Crippen LogP contribution is 2.23. The monoisotopic (exact) mass is 388 g/mol. The van der Waals surface area contributed by atoms with Crippen molar-refractivity contribution in [1.29, 1.82) is 0 Å². The van der Waals surface area contributed by atoms with Gasteiger partial charge in [-0.15, -0.1) is 0 Å². The van der Waals surface area contributed by atoms with Crippen LogP contribution < -0.4 is 5.32 Å². The lowest BCUT2D eigenvalue weighted by Crippen LogP contribution is -2.18. The summed E-state index contributed by atoms with van der Waals surface area (Å²) in [6.45, 7) is 1.85. The van der Waals surface area contributed by atoms with Crippen LogP contribution >= 0.6 is 0 Å². The molecular weight excluding hydrogens is 372 g/mol. The Kier molecular flexibility index (Phi) is 4.94. The predicted octanol–water partition coefficient (Wildman–Crippen LogP) is 4.58. The Bertz CT molecular complexity index is 1130. The van der Waals surface area contributed by atoms with Crippen LogP contribution in [0, 0.1) is 6.92 Å². The zero-order valence-corrected chi connectivity index (χ0v) is 15.4. The van der Waals surface area contributed by atoms with Crippen LogP contribution in [0.3, 0.4) is 0 Å². The smallest absolute Gasteiger partial charge is 0.419 e. The van der Waals surface area contributed by atoms with Gasteiger partial charge >= 0.3 is 6.09 Å². The summed E-state index contributed by atoms with van der Waals surface area (Å²) < 4.78 is 15.7. The number of hydrogen-bond acceptors (Lipinski definition) is 6. The van der Waals surface area contributed by atoms with Crippen molar-refractivity contribution in [3.8, 4) is 11.7 Å². The maximum Gasteiger partial charge on any atom is 0.419 e. The van der Waals surface area contributed by atoms with Gasteiger partial charge in [-0.25, -0.2) is 9.78 Å². The molecule has 0 atom stereocenters. The number of nitrogens with zero attached hydrogens (tertiary/aromatic N) is 1. The van der Waals surface area contributed by atoms with Crippen molar-refractivity contribution in [2.75, 3.05) is 0 Å². The van der Waals surface area contributed by atoms with Crippen LogP contribution in [0.1, 0.15) is 22.6 Å². The first kappa shape index (κ1) is 18.2. The average molecular weight is 388 g/mol. The van der Waals surface area contributed by atoms with Crippen molar-refractivity contribution >= 4 is 30.2 Å². The molecule has 1 aliphatic heterocycles. The molecule has 144 valence electrons. The standard InChI is InChI=1S/C22H16N2O5/c1-14-17(23-21(28-14)19-6-3-13-27-19)12-11-16-9-7-15(8-10-16)4-2-5-18-20(25)24-22(26)29-18/h2-13H,1H3,(H,24,25,26). The van der Waals surface area contributed by atoms with Gasteiger partial charge in [-0.1, -0.05) is 42.5 Å². The summed E-state index contributed by atoms with van der Waals surface area (Å²) in [5.74, 6) is 1.17. The first-order valence-electron chi connectivity index (χ1n) is 8.79. The number of allylic oxidation sites excluding steroid dienone is 2. The zero-order valence-electron chi connectivity index (χ0n) is 15.4. The number of amides is 2. The van der Waals surface area contributed by atoms with E-state index in [4.69, 9.17) is 13.6 Å². The van der Waals surface area contributed by atoms with Gasteiger partial charge in [0.25, 0.3) is 11.8 Å². The third kappa shape index (κ3) is 4.24. The molecule has 0 unspecified atom stereocenters. The molecule has 1 aromatic carbocycles. The lowest BCUT2D eigenvalue weighted by molar-refractivity contribution is -0.116. The molecule has 2 aromatic heterocycles. The van der Waals surface area contributed by atoms with E-state index in [-0.39, 0.29) is 5.76 Å². The minimum Gasteiger partial charge on any atom is -0.459 e. The van der Waals surface area contributed by atoms with Gasteiger partial charge in [0.1, 0.15) is 11.5 Å². The highest BCUT2D eigenvalue weighted by atomic mass is 16.6. The Morgan fingerprint density at radius 3 is 2.41 bits per heavy atom. The van der Waals surface area contributed by atoms with Crippen molar-refractivity contribution in [2.45, 2.75) is 6.92 Å². The second kappa shape index (κ2) is 7.85. The number of carbonyl (C=O) groups excluding carboxylic acids is 2. The van der Waals surface area contributed by atoms with E-state index in [1.807, 2.05) is 48.7 Å². The van der Waals surface area contributed by atoms with Gasteiger partial charge in [-0.2, -0.15) is 0 Å². The Labute approximate surface area is 166 Å². The topological polar surface area (TPSA) is 94.6 Å². The number of hydrogen-bond donors (Lipinski definition) is 1.